The highest BCUT2D eigenvalue weighted by atomic mass is 16.5. The largest absolute Gasteiger partial charge is 0.508 e. The summed E-state index contributed by atoms with van der Waals surface area (Å²) in [6.07, 6.45) is 3.78. The van der Waals surface area contributed by atoms with Gasteiger partial charge < -0.3 is 24.1 Å². The van der Waals surface area contributed by atoms with Gasteiger partial charge in [0, 0.05) is 29.9 Å². The van der Waals surface area contributed by atoms with Crippen LogP contribution in [0.5, 0.6) is 29.1 Å². The van der Waals surface area contributed by atoms with E-state index in [2.05, 4.69) is 14.9 Å². The SMILES string of the molecule is COc1ncc(C2=C(C)c3ccc(O)cc3OC2c2ccc(OCCN3CCCC3)cc2)c(OC)n1. The zero-order chi connectivity index (χ0) is 25.1. The lowest BCUT2D eigenvalue weighted by atomic mass is 9.87. The van der Waals surface area contributed by atoms with Crippen LogP contribution in [0.15, 0.2) is 48.7 Å². The second-order valence-corrected chi connectivity index (χ2v) is 8.96. The second kappa shape index (κ2) is 10.5. The van der Waals surface area contributed by atoms with Crippen LogP contribution >= 0.6 is 0 Å². The highest BCUT2D eigenvalue weighted by molar-refractivity contribution is 5.96. The Labute approximate surface area is 211 Å². The molecule has 1 aromatic heterocycles. The van der Waals surface area contributed by atoms with Crippen molar-refractivity contribution < 1.29 is 24.1 Å². The zero-order valence-electron chi connectivity index (χ0n) is 20.9. The van der Waals surface area contributed by atoms with Gasteiger partial charge in [-0.1, -0.05) is 12.1 Å². The lowest BCUT2D eigenvalue weighted by Crippen LogP contribution is -2.25. The molecule has 1 N–H and O–H groups in total. The van der Waals surface area contributed by atoms with E-state index < -0.39 is 6.10 Å². The third-order valence-corrected chi connectivity index (χ3v) is 6.74. The fourth-order valence-electron chi connectivity index (χ4n) is 4.85. The number of fused-ring (bicyclic) bond motifs is 1. The molecule has 0 saturated carbocycles. The van der Waals surface area contributed by atoms with Crippen LogP contribution in [0.1, 0.15) is 42.6 Å². The Morgan fingerprint density at radius 1 is 1.03 bits per heavy atom. The first-order valence-electron chi connectivity index (χ1n) is 12.2. The molecule has 2 aliphatic rings. The van der Waals surface area contributed by atoms with E-state index in [9.17, 15) is 5.11 Å². The number of aromatic nitrogens is 2. The third-order valence-electron chi connectivity index (χ3n) is 6.74. The smallest absolute Gasteiger partial charge is 0.319 e. The van der Waals surface area contributed by atoms with Crippen molar-refractivity contribution in [1.29, 1.82) is 0 Å². The highest BCUT2D eigenvalue weighted by Gasteiger charge is 2.32. The molecule has 0 amide bonds. The van der Waals surface area contributed by atoms with Crippen molar-refractivity contribution in [2.75, 3.05) is 40.5 Å². The molecule has 36 heavy (non-hydrogen) atoms. The monoisotopic (exact) mass is 489 g/mol. The van der Waals surface area contributed by atoms with Gasteiger partial charge in [0.25, 0.3) is 0 Å². The summed E-state index contributed by atoms with van der Waals surface area (Å²) in [6.45, 7) is 5.95. The van der Waals surface area contributed by atoms with Crippen molar-refractivity contribution in [3.63, 3.8) is 0 Å². The van der Waals surface area contributed by atoms with Gasteiger partial charge in [0.1, 0.15) is 30.0 Å². The maximum absolute atomic E-state index is 10.1. The van der Waals surface area contributed by atoms with E-state index in [4.69, 9.17) is 18.9 Å². The zero-order valence-corrected chi connectivity index (χ0v) is 20.9. The molecular weight excluding hydrogens is 458 g/mol. The van der Waals surface area contributed by atoms with Crippen LogP contribution in [0.25, 0.3) is 11.1 Å². The molecule has 0 radical (unpaired) electrons. The molecular formula is C28H31N3O5. The number of methoxy groups -OCH3 is 2. The Balaban J connectivity index is 1.48. The Morgan fingerprint density at radius 3 is 2.53 bits per heavy atom. The molecule has 1 fully saturated rings. The van der Waals surface area contributed by atoms with Crippen LogP contribution in [-0.2, 0) is 0 Å². The van der Waals surface area contributed by atoms with Crippen LogP contribution in [0.2, 0.25) is 0 Å². The number of rotatable bonds is 8. The Hall–Kier alpha value is -3.78. The topological polar surface area (TPSA) is 86.2 Å². The van der Waals surface area contributed by atoms with Crippen molar-refractivity contribution in [3.05, 3.63) is 65.4 Å². The predicted molar refractivity (Wildman–Crippen MR) is 137 cm³/mol. The molecule has 0 spiro atoms. The molecule has 188 valence electrons. The normalized spacial score (nSPS) is 17.5. The van der Waals surface area contributed by atoms with E-state index in [0.717, 1.165) is 47.7 Å². The lowest BCUT2D eigenvalue weighted by Gasteiger charge is -2.31. The minimum Gasteiger partial charge on any atom is -0.508 e. The first-order chi connectivity index (χ1) is 17.6. The minimum absolute atomic E-state index is 0.149. The number of allylic oxidation sites excluding steroid dienone is 1. The average Bonchev–Trinajstić information content (AvgIpc) is 3.42. The summed E-state index contributed by atoms with van der Waals surface area (Å²) in [5.41, 5.74) is 4.40. The van der Waals surface area contributed by atoms with E-state index >= 15 is 0 Å². The van der Waals surface area contributed by atoms with Crippen LogP contribution in [0.3, 0.4) is 0 Å². The van der Waals surface area contributed by atoms with Gasteiger partial charge in [0.05, 0.1) is 19.8 Å². The van der Waals surface area contributed by atoms with Crippen LogP contribution < -0.4 is 18.9 Å². The predicted octanol–water partition coefficient (Wildman–Crippen LogP) is 4.74. The van der Waals surface area contributed by atoms with Crippen molar-refractivity contribution >= 4 is 11.1 Å². The first-order valence-corrected chi connectivity index (χ1v) is 12.2. The third kappa shape index (κ3) is 4.81. The number of aromatic hydroxyl groups is 1. The second-order valence-electron chi connectivity index (χ2n) is 8.96. The first kappa shape index (κ1) is 23.9. The van der Waals surface area contributed by atoms with Crippen molar-refractivity contribution in [2.24, 2.45) is 0 Å². The van der Waals surface area contributed by atoms with Gasteiger partial charge in [0.15, 0.2) is 0 Å². The van der Waals surface area contributed by atoms with Crippen molar-refractivity contribution in [3.8, 4) is 29.1 Å². The molecule has 0 aliphatic carbocycles. The highest BCUT2D eigenvalue weighted by Crippen LogP contribution is 2.49. The number of hydrogen-bond acceptors (Lipinski definition) is 8. The van der Waals surface area contributed by atoms with Crippen molar-refractivity contribution in [2.45, 2.75) is 25.9 Å². The average molecular weight is 490 g/mol. The number of phenols is 1. The summed E-state index contributed by atoms with van der Waals surface area (Å²) in [7, 11) is 3.09. The molecule has 3 heterocycles. The van der Waals surface area contributed by atoms with Gasteiger partial charge in [-0.05, 0) is 68.3 Å². The number of nitrogens with zero attached hydrogens (tertiary/aromatic N) is 3. The van der Waals surface area contributed by atoms with E-state index in [1.54, 1.807) is 25.4 Å². The number of ether oxygens (including phenoxy) is 4. The molecule has 1 unspecified atom stereocenters. The fraction of sp³-hybridized carbons (Fsp3) is 0.357. The standard InChI is InChI=1S/C28H31N3O5/c1-18-22-11-8-20(32)16-24(22)36-26(25(18)23-17-29-28(34-3)30-27(23)33-2)19-6-9-21(10-7-19)35-15-14-31-12-4-5-13-31/h6-11,16-17,26,32H,4-5,12-15H2,1-3H3. The van der Waals surface area contributed by atoms with Crippen molar-refractivity contribution in [1.82, 2.24) is 14.9 Å². The molecule has 1 atom stereocenters. The number of benzene rings is 2. The Bertz CT molecular complexity index is 1250. The molecule has 2 aliphatic heterocycles. The van der Waals surface area contributed by atoms with E-state index in [1.807, 2.05) is 37.3 Å². The van der Waals surface area contributed by atoms with E-state index in [-0.39, 0.29) is 11.8 Å². The van der Waals surface area contributed by atoms with Crippen LogP contribution in [0, 0.1) is 0 Å². The molecule has 0 bridgehead atoms. The van der Waals surface area contributed by atoms with Gasteiger partial charge in [-0.15, -0.1) is 0 Å². The Morgan fingerprint density at radius 2 is 1.81 bits per heavy atom. The van der Waals surface area contributed by atoms with E-state index in [1.165, 1.54) is 20.0 Å². The molecule has 2 aromatic carbocycles. The molecule has 8 nitrogen and oxygen atoms in total. The number of phenolic OH excluding ortho intramolecular Hbond substituents is 1. The van der Waals surface area contributed by atoms with Gasteiger partial charge >= 0.3 is 6.01 Å². The number of likely N-dealkylation sites (tertiary alicyclic amines) is 1. The summed E-state index contributed by atoms with van der Waals surface area (Å²) < 4.78 is 23.3. The summed E-state index contributed by atoms with van der Waals surface area (Å²) in [5, 5.41) is 10.1. The fourth-order valence-corrected chi connectivity index (χ4v) is 4.85. The molecule has 1 saturated heterocycles. The molecule has 5 rings (SSSR count). The summed E-state index contributed by atoms with van der Waals surface area (Å²) in [4.78, 5) is 11.1. The lowest BCUT2D eigenvalue weighted by molar-refractivity contribution is 0.237. The maximum atomic E-state index is 10.1. The minimum atomic E-state index is -0.469. The quantitative estimate of drug-likeness (QED) is 0.486. The van der Waals surface area contributed by atoms with Gasteiger partial charge in [0.2, 0.25) is 5.88 Å². The summed E-state index contributed by atoms with van der Waals surface area (Å²) in [6, 6.07) is 13.3. The van der Waals surface area contributed by atoms with Crippen LogP contribution in [-0.4, -0.2) is 60.4 Å². The van der Waals surface area contributed by atoms with E-state index in [0.29, 0.717) is 23.8 Å². The summed E-state index contributed by atoms with van der Waals surface area (Å²) in [5.74, 6) is 1.98. The molecule has 8 heteroatoms. The summed E-state index contributed by atoms with van der Waals surface area (Å²) >= 11 is 0. The van der Waals surface area contributed by atoms with Gasteiger partial charge in [-0.3, -0.25) is 4.90 Å². The van der Waals surface area contributed by atoms with Gasteiger partial charge in [-0.25, -0.2) is 4.98 Å². The molecule has 3 aromatic rings. The van der Waals surface area contributed by atoms with Crippen LogP contribution in [0.4, 0.5) is 0 Å². The Kier molecular flexibility index (Phi) is 6.95. The number of hydrogen-bond donors (Lipinski definition) is 1. The maximum Gasteiger partial charge on any atom is 0.319 e. The van der Waals surface area contributed by atoms with Gasteiger partial charge in [-0.2, -0.15) is 4.98 Å².